The second kappa shape index (κ2) is 6.61. The number of piperidine rings is 1. The summed E-state index contributed by atoms with van der Waals surface area (Å²) in [4.78, 5) is 14.4. The Morgan fingerprint density at radius 3 is 2.95 bits per heavy atom. The Morgan fingerprint density at radius 2 is 2.25 bits per heavy atom. The zero-order chi connectivity index (χ0) is 14.5. The zero-order valence-electron chi connectivity index (χ0n) is 11.7. The fourth-order valence-corrected chi connectivity index (χ4v) is 2.77. The topological polar surface area (TPSA) is 70.0 Å². The highest BCUT2D eigenvalue weighted by Gasteiger charge is 2.30. The van der Waals surface area contributed by atoms with E-state index in [1.54, 1.807) is 17.0 Å². The molecule has 1 aromatic rings. The Bertz CT molecular complexity index is 473. The molecule has 2 rings (SSSR count). The lowest BCUT2D eigenvalue weighted by molar-refractivity contribution is 0.0568. The Kier molecular flexibility index (Phi) is 4.84. The fraction of sp³-hybridized carbons (Fsp3) is 0.533. The molecule has 0 bridgehead atoms. The average Bonchev–Trinajstić information content (AvgIpc) is 2.47. The van der Waals surface area contributed by atoms with E-state index in [1.807, 2.05) is 0 Å². The van der Waals surface area contributed by atoms with E-state index < -0.39 is 0 Å². The molecule has 0 aromatic heterocycles. The Hall–Kier alpha value is -1.75. The van der Waals surface area contributed by atoms with E-state index in [4.69, 9.17) is 9.84 Å². The van der Waals surface area contributed by atoms with Crippen LogP contribution in [0.4, 0.5) is 0 Å². The van der Waals surface area contributed by atoms with Crippen molar-refractivity contribution >= 4 is 5.91 Å². The molecular formula is C15H21NO4. The molecule has 5 heteroatoms. The molecule has 5 nitrogen and oxygen atoms in total. The summed E-state index contributed by atoms with van der Waals surface area (Å²) in [5.41, 5.74) is 0.208. The standard InChI is InChI=1S/C15H21NO4/c1-20-13-7-4-6-12(18)14(13)15(19)16-9-3-2-5-11(16)8-10-17/h4,6-7,11,17-18H,2-3,5,8-10H2,1H3. The second-order valence-electron chi connectivity index (χ2n) is 5.01. The van der Waals surface area contributed by atoms with E-state index in [0.717, 1.165) is 19.3 Å². The Balaban J connectivity index is 2.29. The van der Waals surface area contributed by atoms with Gasteiger partial charge in [0, 0.05) is 19.2 Å². The first-order valence-corrected chi connectivity index (χ1v) is 6.96. The predicted octanol–water partition coefficient (Wildman–Crippen LogP) is 1.78. The average molecular weight is 279 g/mol. The highest BCUT2D eigenvalue weighted by atomic mass is 16.5. The number of amides is 1. The molecule has 0 radical (unpaired) electrons. The van der Waals surface area contributed by atoms with Crippen LogP contribution in [-0.4, -0.2) is 47.3 Å². The molecule has 1 amide bonds. The van der Waals surface area contributed by atoms with Crippen molar-refractivity contribution in [3.05, 3.63) is 23.8 Å². The summed E-state index contributed by atoms with van der Waals surface area (Å²) in [5.74, 6) is 0.0871. The summed E-state index contributed by atoms with van der Waals surface area (Å²) < 4.78 is 5.18. The molecule has 0 spiro atoms. The molecule has 1 saturated heterocycles. The van der Waals surface area contributed by atoms with Gasteiger partial charge in [-0.1, -0.05) is 6.07 Å². The normalized spacial score (nSPS) is 18.9. The largest absolute Gasteiger partial charge is 0.507 e. The maximum atomic E-state index is 12.7. The lowest BCUT2D eigenvalue weighted by Gasteiger charge is -2.36. The van der Waals surface area contributed by atoms with Crippen LogP contribution in [-0.2, 0) is 0 Å². The number of aromatic hydroxyl groups is 1. The molecule has 0 saturated carbocycles. The van der Waals surface area contributed by atoms with Crippen LogP contribution in [0.25, 0.3) is 0 Å². The summed E-state index contributed by atoms with van der Waals surface area (Å²) in [5, 5.41) is 19.1. The maximum Gasteiger partial charge on any atom is 0.261 e. The predicted molar refractivity (Wildman–Crippen MR) is 75.0 cm³/mol. The van der Waals surface area contributed by atoms with Gasteiger partial charge in [-0.3, -0.25) is 4.79 Å². The number of aliphatic hydroxyl groups excluding tert-OH is 1. The van der Waals surface area contributed by atoms with Gasteiger partial charge in [-0.2, -0.15) is 0 Å². The van der Waals surface area contributed by atoms with E-state index in [-0.39, 0.29) is 29.9 Å². The Morgan fingerprint density at radius 1 is 1.45 bits per heavy atom. The van der Waals surface area contributed by atoms with Gasteiger partial charge >= 0.3 is 0 Å². The van der Waals surface area contributed by atoms with Crippen molar-refractivity contribution in [1.29, 1.82) is 0 Å². The number of phenols is 1. The smallest absolute Gasteiger partial charge is 0.261 e. The number of hydrogen-bond donors (Lipinski definition) is 2. The molecule has 20 heavy (non-hydrogen) atoms. The third-order valence-corrected chi connectivity index (χ3v) is 3.79. The number of benzene rings is 1. The molecule has 110 valence electrons. The molecule has 1 aliphatic heterocycles. The van der Waals surface area contributed by atoms with Gasteiger partial charge in [0.15, 0.2) is 0 Å². The van der Waals surface area contributed by atoms with E-state index >= 15 is 0 Å². The number of aliphatic hydroxyl groups is 1. The summed E-state index contributed by atoms with van der Waals surface area (Å²) in [6, 6.07) is 4.83. The SMILES string of the molecule is COc1cccc(O)c1C(=O)N1CCCCC1CCO. The van der Waals surface area contributed by atoms with Gasteiger partial charge in [-0.25, -0.2) is 0 Å². The number of nitrogens with zero attached hydrogens (tertiary/aromatic N) is 1. The van der Waals surface area contributed by atoms with Crippen molar-refractivity contribution in [2.24, 2.45) is 0 Å². The van der Waals surface area contributed by atoms with Gasteiger partial charge in [-0.05, 0) is 37.8 Å². The molecule has 0 aliphatic carbocycles. The monoisotopic (exact) mass is 279 g/mol. The number of rotatable bonds is 4. The van der Waals surface area contributed by atoms with Crippen LogP contribution >= 0.6 is 0 Å². The molecule has 1 atom stereocenters. The van der Waals surface area contributed by atoms with Crippen LogP contribution < -0.4 is 4.74 Å². The van der Waals surface area contributed by atoms with Crippen LogP contribution in [0.2, 0.25) is 0 Å². The summed E-state index contributed by atoms with van der Waals surface area (Å²) >= 11 is 0. The van der Waals surface area contributed by atoms with Crippen LogP contribution in [0.15, 0.2) is 18.2 Å². The van der Waals surface area contributed by atoms with Crippen molar-refractivity contribution in [1.82, 2.24) is 4.90 Å². The summed E-state index contributed by atoms with van der Waals surface area (Å²) in [6.45, 7) is 0.716. The maximum absolute atomic E-state index is 12.7. The number of methoxy groups -OCH3 is 1. The minimum absolute atomic E-state index is 0.0329. The number of ether oxygens (including phenoxy) is 1. The van der Waals surface area contributed by atoms with Crippen molar-refractivity contribution < 1.29 is 19.7 Å². The van der Waals surface area contributed by atoms with E-state index in [2.05, 4.69) is 0 Å². The van der Waals surface area contributed by atoms with Gasteiger partial charge < -0.3 is 19.8 Å². The quantitative estimate of drug-likeness (QED) is 0.881. The van der Waals surface area contributed by atoms with E-state index in [1.165, 1.54) is 13.2 Å². The summed E-state index contributed by atoms with van der Waals surface area (Å²) in [6.07, 6.45) is 3.47. The molecule has 1 aliphatic rings. The zero-order valence-corrected chi connectivity index (χ0v) is 11.7. The van der Waals surface area contributed by atoms with Crippen LogP contribution in [0, 0.1) is 0 Å². The van der Waals surface area contributed by atoms with E-state index in [0.29, 0.717) is 18.7 Å². The fourth-order valence-electron chi connectivity index (χ4n) is 2.77. The van der Waals surface area contributed by atoms with Crippen molar-refractivity contribution in [3.8, 4) is 11.5 Å². The molecule has 2 N–H and O–H groups in total. The molecule has 1 fully saturated rings. The van der Waals surface area contributed by atoms with Gasteiger partial charge in [0.25, 0.3) is 5.91 Å². The number of likely N-dealkylation sites (tertiary alicyclic amines) is 1. The lowest BCUT2D eigenvalue weighted by atomic mass is 9.98. The van der Waals surface area contributed by atoms with Crippen molar-refractivity contribution in [2.45, 2.75) is 31.7 Å². The highest BCUT2D eigenvalue weighted by molar-refractivity contribution is 5.99. The molecule has 1 aromatic carbocycles. The van der Waals surface area contributed by atoms with Crippen molar-refractivity contribution in [3.63, 3.8) is 0 Å². The minimum Gasteiger partial charge on any atom is -0.507 e. The van der Waals surface area contributed by atoms with Gasteiger partial charge in [0.2, 0.25) is 0 Å². The van der Waals surface area contributed by atoms with Gasteiger partial charge in [0.05, 0.1) is 7.11 Å². The van der Waals surface area contributed by atoms with E-state index in [9.17, 15) is 9.90 Å². The van der Waals surface area contributed by atoms with Crippen LogP contribution in [0.5, 0.6) is 11.5 Å². The third-order valence-electron chi connectivity index (χ3n) is 3.79. The first kappa shape index (κ1) is 14.7. The molecule has 1 unspecified atom stereocenters. The van der Waals surface area contributed by atoms with Gasteiger partial charge in [-0.15, -0.1) is 0 Å². The third kappa shape index (κ3) is 2.88. The van der Waals surface area contributed by atoms with Crippen molar-refractivity contribution in [2.75, 3.05) is 20.3 Å². The lowest BCUT2D eigenvalue weighted by Crippen LogP contribution is -2.44. The molecule has 1 heterocycles. The minimum atomic E-state index is -0.224. The summed E-state index contributed by atoms with van der Waals surface area (Å²) in [7, 11) is 1.48. The highest BCUT2D eigenvalue weighted by Crippen LogP contribution is 2.31. The first-order valence-electron chi connectivity index (χ1n) is 6.96. The number of carbonyl (C=O) groups is 1. The second-order valence-corrected chi connectivity index (χ2v) is 5.01. The number of carbonyl (C=O) groups excluding carboxylic acids is 1. The van der Waals surface area contributed by atoms with Crippen LogP contribution in [0.1, 0.15) is 36.0 Å². The molecular weight excluding hydrogens is 258 g/mol. The van der Waals surface area contributed by atoms with Crippen LogP contribution in [0.3, 0.4) is 0 Å². The number of hydrogen-bond acceptors (Lipinski definition) is 4. The van der Waals surface area contributed by atoms with Gasteiger partial charge in [0.1, 0.15) is 17.1 Å². The first-order chi connectivity index (χ1) is 9.69. The number of phenolic OH excluding ortho intramolecular Hbond substituents is 1. The Labute approximate surface area is 118 Å².